The minimum atomic E-state index is -1.01. The fourth-order valence-electron chi connectivity index (χ4n) is 4.10. The van der Waals surface area contributed by atoms with E-state index in [1.807, 2.05) is 19.9 Å². The molecule has 1 atom stereocenters. The number of carboxylic acids is 1. The third-order valence-electron chi connectivity index (χ3n) is 5.72. The molecule has 1 aromatic carbocycles. The summed E-state index contributed by atoms with van der Waals surface area (Å²) in [5, 5.41) is 11.0. The zero-order chi connectivity index (χ0) is 20.2. The molecule has 7 heteroatoms. The molecule has 1 unspecified atom stereocenters. The second kappa shape index (κ2) is 6.51. The van der Waals surface area contributed by atoms with Crippen LogP contribution in [0.4, 0.5) is 0 Å². The summed E-state index contributed by atoms with van der Waals surface area (Å²) in [5.41, 5.74) is 3.22. The zero-order valence-corrected chi connectivity index (χ0v) is 16.0. The zero-order valence-electron chi connectivity index (χ0n) is 16.0. The number of aliphatic carboxylic acids is 1. The Kier molecular flexibility index (Phi) is 4.25. The van der Waals surface area contributed by atoms with Crippen molar-refractivity contribution in [1.82, 2.24) is 4.90 Å². The van der Waals surface area contributed by atoms with Gasteiger partial charge in [-0.1, -0.05) is 0 Å². The van der Waals surface area contributed by atoms with Crippen molar-refractivity contribution in [3.63, 3.8) is 0 Å². The predicted octanol–water partition coefficient (Wildman–Crippen LogP) is 3.08. The monoisotopic (exact) mass is 383 g/mol. The molecule has 28 heavy (non-hydrogen) atoms. The molecular weight excluding hydrogens is 362 g/mol. The number of furan rings is 1. The quantitative estimate of drug-likeness (QED) is 0.698. The van der Waals surface area contributed by atoms with Crippen LogP contribution in [0, 0.1) is 20.8 Å². The fourth-order valence-corrected chi connectivity index (χ4v) is 4.10. The lowest BCUT2D eigenvalue weighted by atomic mass is 9.99. The highest BCUT2D eigenvalue weighted by molar-refractivity contribution is 6.00. The summed E-state index contributed by atoms with van der Waals surface area (Å²) < 4.78 is 11.1. The van der Waals surface area contributed by atoms with Gasteiger partial charge in [-0.3, -0.25) is 4.79 Å². The van der Waals surface area contributed by atoms with Crippen LogP contribution in [0.1, 0.15) is 35.1 Å². The topological polar surface area (TPSA) is 101 Å². The molecule has 0 saturated carbocycles. The molecule has 1 N–H and O–H groups in total. The van der Waals surface area contributed by atoms with Crippen LogP contribution >= 0.6 is 0 Å². The molecule has 3 heterocycles. The van der Waals surface area contributed by atoms with E-state index in [1.165, 1.54) is 4.90 Å². The van der Waals surface area contributed by atoms with Crippen LogP contribution < -0.4 is 5.63 Å². The minimum Gasteiger partial charge on any atom is -0.480 e. The Morgan fingerprint density at radius 3 is 2.64 bits per heavy atom. The first kappa shape index (κ1) is 18.3. The number of aryl methyl sites for hydroxylation is 3. The number of carbonyl (C=O) groups excluding carboxylic acids is 1. The van der Waals surface area contributed by atoms with Gasteiger partial charge in [-0.15, -0.1) is 0 Å². The summed E-state index contributed by atoms with van der Waals surface area (Å²) in [7, 11) is 0. The van der Waals surface area contributed by atoms with Gasteiger partial charge in [0.1, 0.15) is 17.2 Å². The Bertz CT molecular complexity index is 1190. The van der Waals surface area contributed by atoms with E-state index in [-0.39, 0.29) is 17.9 Å². The molecule has 7 nitrogen and oxygen atoms in total. The van der Waals surface area contributed by atoms with Gasteiger partial charge in [0.2, 0.25) is 5.91 Å². The Labute approximate surface area is 160 Å². The molecule has 1 saturated heterocycles. The summed E-state index contributed by atoms with van der Waals surface area (Å²) in [6.45, 7) is 5.96. The molecule has 2 aromatic heterocycles. The number of likely N-dealkylation sites (tertiary alicyclic amines) is 1. The van der Waals surface area contributed by atoms with E-state index in [0.29, 0.717) is 36.1 Å². The van der Waals surface area contributed by atoms with Gasteiger partial charge < -0.3 is 18.8 Å². The summed E-state index contributed by atoms with van der Waals surface area (Å²) in [6, 6.07) is 1.09. The SMILES string of the molecule is Cc1coc2c(C)c3oc(=O)c(CC(=O)N4CCCC4C(=O)O)c(C)c3cc12. The number of benzene rings is 1. The van der Waals surface area contributed by atoms with E-state index in [4.69, 9.17) is 8.83 Å². The number of hydrogen-bond acceptors (Lipinski definition) is 5. The van der Waals surface area contributed by atoms with Crippen molar-refractivity contribution in [2.24, 2.45) is 0 Å². The maximum Gasteiger partial charge on any atom is 0.340 e. The third kappa shape index (κ3) is 2.69. The average molecular weight is 383 g/mol. The second-order valence-electron chi connectivity index (χ2n) is 7.43. The van der Waals surface area contributed by atoms with Gasteiger partial charge in [0, 0.05) is 22.9 Å². The number of carboxylic acid groups (broad SMARTS) is 1. The van der Waals surface area contributed by atoms with Crippen molar-refractivity contribution in [1.29, 1.82) is 0 Å². The first-order valence-corrected chi connectivity index (χ1v) is 9.25. The molecule has 1 amide bonds. The van der Waals surface area contributed by atoms with Crippen LogP contribution in [0.5, 0.6) is 0 Å². The smallest absolute Gasteiger partial charge is 0.340 e. The van der Waals surface area contributed by atoms with Crippen molar-refractivity contribution < 1.29 is 23.5 Å². The Hall–Kier alpha value is -3.09. The molecule has 1 aliphatic heterocycles. The number of nitrogens with zero attached hydrogens (tertiary/aromatic N) is 1. The van der Waals surface area contributed by atoms with E-state index >= 15 is 0 Å². The van der Waals surface area contributed by atoms with Gasteiger partial charge in [-0.2, -0.15) is 0 Å². The highest BCUT2D eigenvalue weighted by Crippen LogP contribution is 2.32. The van der Waals surface area contributed by atoms with Gasteiger partial charge in [-0.25, -0.2) is 9.59 Å². The van der Waals surface area contributed by atoms with Gasteiger partial charge in [0.25, 0.3) is 0 Å². The van der Waals surface area contributed by atoms with Gasteiger partial charge in [0.05, 0.1) is 18.2 Å². The molecule has 0 bridgehead atoms. The first-order chi connectivity index (χ1) is 13.3. The normalized spacial score (nSPS) is 17.0. The van der Waals surface area contributed by atoms with E-state index in [1.54, 1.807) is 13.2 Å². The Morgan fingerprint density at radius 1 is 1.18 bits per heavy atom. The number of fused-ring (bicyclic) bond motifs is 2. The summed E-state index contributed by atoms with van der Waals surface area (Å²) >= 11 is 0. The first-order valence-electron chi connectivity index (χ1n) is 9.25. The number of carbonyl (C=O) groups is 2. The van der Waals surface area contributed by atoms with E-state index in [9.17, 15) is 19.5 Å². The third-order valence-corrected chi connectivity index (χ3v) is 5.72. The Morgan fingerprint density at radius 2 is 1.93 bits per heavy atom. The van der Waals surface area contributed by atoms with Crippen molar-refractivity contribution in [3.05, 3.63) is 45.0 Å². The maximum absolute atomic E-state index is 12.7. The van der Waals surface area contributed by atoms with Gasteiger partial charge in [-0.05, 0) is 50.8 Å². The van der Waals surface area contributed by atoms with Crippen molar-refractivity contribution in [3.8, 4) is 0 Å². The highest BCUT2D eigenvalue weighted by atomic mass is 16.4. The van der Waals surface area contributed by atoms with Crippen LogP contribution in [-0.2, 0) is 16.0 Å². The number of amides is 1. The summed E-state index contributed by atoms with van der Waals surface area (Å²) in [5.74, 6) is -1.38. The highest BCUT2D eigenvalue weighted by Gasteiger charge is 2.34. The fraction of sp³-hybridized carbons (Fsp3) is 0.381. The average Bonchev–Trinajstić information content (AvgIpc) is 3.27. The second-order valence-corrected chi connectivity index (χ2v) is 7.43. The summed E-state index contributed by atoms with van der Waals surface area (Å²) in [4.78, 5) is 38.1. The van der Waals surface area contributed by atoms with Crippen molar-refractivity contribution in [2.45, 2.75) is 46.1 Å². The maximum atomic E-state index is 12.7. The summed E-state index contributed by atoms with van der Waals surface area (Å²) in [6.07, 6.45) is 2.57. The lowest BCUT2D eigenvalue weighted by Crippen LogP contribution is -2.41. The molecule has 0 spiro atoms. The molecule has 1 aliphatic rings. The molecule has 3 aromatic rings. The molecule has 1 fully saturated rings. The van der Waals surface area contributed by atoms with Crippen LogP contribution in [0.3, 0.4) is 0 Å². The number of hydrogen-bond donors (Lipinski definition) is 1. The lowest BCUT2D eigenvalue weighted by Gasteiger charge is -2.21. The minimum absolute atomic E-state index is 0.171. The van der Waals surface area contributed by atoms with E-state index in [2.05, 4.69) is 0 Å². The molecule has 0 aliphatic carbocycles. The van der Waals surface area contributed by atoms with E-state index < -0.39 is 17.6 Å². The van der Waals surface area contributed by atoms with Crippen molar-refractivity contribution >= 4 is 33.8 Å². The molecule has 0 radical (unpaired) electrons. The molecular formula is C21H21NO6. The predicted molar refractivity (Wildman–Crippen MR) is 103 cm³/mol. The Balaban J connectivity index is 1.80. The van der Waals surface area contributed by atoms with Crippen LogP contribution in [-0.4, -0.2) is 34.5 Å². The van der Waals surface area contributed by atoms with Crippen LogP contribution in [0.15, 0.2) is 26.0 Å². The molecule has 4 rings (SSSR count). The number of rotatable bonds is 3. The van der Waals surface area contributed by atoms with Gasteiger partial charge >= 0.3 is 11.6 Å². The van der Waals surface area contributed by atoms with Gasteiger partial charge in [0.15, 0.2) is 0 Å². The van der Waals surface area contributed by atoms with Crippen LogP contribution in [0.2, 0.25) is 0 Å². The largest absolute Gasteiger partial charge is 0.480 e. The van der Waals surface area contributed by atoms with Crippen LogP contribution in [0.25, 0.3) is 21.9 Å². The van der Waals surface area contributed by atoms with E-state index in [0.717, 1.165) is 21.9 Å². The molecule has 146 valence electrons. The lowest BCUT2D eigenvalue weighted by molar-refractivity contribution is -0.148. The standard InChI is InChI=1S/C21H21NO6/c1-10-9-27-18-12(3)19-14(7-13(10)18)11(2)15(21(26)28-19)8-17(23)22-6-4-5-16(22)20(24)25/h7,9,16H,4-6,8H2,1-3H3,(H,24,25). The van der Waals surface area contributed by atoms with Crippen molar-refractivity contribution in [2.75, 3.05) is 6.54 Å².